The molecule has 4 heteroatoms. The number of benzene rings is 1. The number of nitrogens with one attached hydrogen (secondary N) is 1. The van der Waals surface area contributed by atoms with Crippen molar-refractivity contribution >= 4 is 6.08 Å². The molecule has 0 bridgehead atoms. The van der Waals surface area contributed by atoms with E-state index in [4.69, 9.17) is 4.74 Å². The van der Waals surface area contributed by atoms with E-state index in [0.29, 0.717) is 6.61 Å². The summed E-state index contributed by atoms with van der Waals surface area (Å²) in [5.41, 5.74) is 5.69. The molecule has 0 unspecified atom stereocenters. The highest BCUT2D eigenvalue weighted by Crippen LogP contribution is 2.23. The second-order valence-electron chi connectivity index (χ2n) is 7.97. The molecule has 0 aliphatic heterocycles. The molecule has 4 nitrogen and oxygen atoms in total. The fourth-order valence-corrected chi connectivity index (χ4v) is 3.57. The Balaban J connectivity index is 1.78. The quantitative estimate of drug-likeness (QED) is 0.183. The summed E-state index contributed by atoms with van der Waals surface area (Å²) in [4.78, 5) is 0. The van der Waals surface area contributed by atoms with Gasteiger partial charge in [0.25, 0.3) is 0 Å². The van der Waals surface area contributed by atoms with Crippen LogP contribution in [0.3, 0.4) is 0 Å². The lowest BCUT2D eigenvalue weighted by molar-refractivity contribution is 0.310. The maximum absolute atomic E-state index is 5.85. The molecule has 0 heterocycles. The summed E-state index contributed by atoms with van der Waals surface area (Å²) in [6.07, 6.45) is 19.7. The first-order valence-electron chi connectivity index (χ1n) is 11.9. The molecule has 0 atom stereocenters. The van der Waals surface area contributed by atoms with Crippen LogP contribution in [-0.2, 0) is 0 Å². The van der Waals surface area contributed by atoms with E-state index in [1.165, 1.54) is 30.5 Å². The summed E-state index contributed by atoms with van der Waals surface area (Å²) >= 11 is 0. The minimum Gasteiger partial charge on any atom is -0.494 e. The predicted octanol–water partition coefficient (Wildman–Crippen LogP) is 8.13. The molecule has 1 aromatic carbocycles. The van der Waals surface area contributed by atoms with E-state index < -0.39 is 0 Å². The highest BCUT2D eigenvalue weighted by Gasteiger charge is 2.08. The summed E-state index contributed by atoms with van der Waals surface area (Å²) in [6, 6.07) is 8.16. The molecule has 1 N–H and O–H groups in total. The van der Waals surface area contributed by atoms with Gasteiger partial charge in [-0.1, -0.05) is 62.8 Å². The average Bonchev–Trinajstić information content (AvgIpc) is 2.81. The van der Waals surface area contributed by atoms with E-state index in [1.807, 2.05) is 31.2 Å². The van der Waals surface area contributed by atoms with E-state index in [9.17, 15) is 0 Å². The first kappa shape index (κ1) is 25.4. The van der Waals surface area contributed by atoms with Crippen molar-refractivity contribution in [1.29, 1.82) is 0 Å². The SMILES string of the molecule is C=C(/C=C/c1ccc(OCCCC(=C/C)/N=N\C)cc1)NC1=CCCC=C1CCCCC. The van der Waals surface area contributed by atoms with Gasteiger partial charge in [-0.05, 0) is 74.8 Å². The van der Waals surface area contributed by atoms with Crippen LogP contribution < -0.4 is 10.1 Å². The molecule has 1 aliphatic carbocycles. The Hall–Kier alpha value is -2.88. The second-order valence-corrected chi connectivity index (χ2v) is 7.97. The third kappa shape index (κ3) is 9.51. The first-order chi connectivity index (χ1) is 15.7. The Bertz CT molecular complexity index is 857. The van der Waals surface area contributed by atoms with Crippen molar-refractivity contribution < 1.29 is 4.74 Å². The van der Waals surface area contributed by atoms with Crippen LogP contribution in [0.25, 0.3) is 6.08 Å². The molecule has 0 saturated carbocycles. The van der Waals surface area contributed by atoms with E-state index in [1.54, 1.807) is 7.05 Å². The minimum absolute atomic E-state index is 0.662. The molecule has 2 rings (SSSR count). The van der Waals surface area contributed by atoms with Crippen molar-refractivity contribution in [2.45, 2.75) is 65.2 Å². The fourth-order valence-electron chi connectivity index (χ4n) is 3.57. The molecule has 1 aliphatic rings. The summed E-state index contributed by atoms with van der Waals surface area (Å²) < 4.78 is 5.85. The molecule has 1 aromatic rings. The van der Waals surface area contributed by atoms with Gasteiger partial charge in [0.1, 0.15) is 5.75 Å². The van der Waals surface area contributed by atoms with Gasteiger partial charge in [-0.3, -0.25) is 0 Å². The van der Waals surface area contributed by atoms with Crippen LogP contribution in [0, 0.1) is 0 Å². The molecular weight excluding hydrogens is 394 g/mol. The van der Waals surface area contributed by atoms with Crippen molar-refractivity contribution in [1.82, 2.24) is 5.32 Å². The maximum atomic E-state index is 5.85. The Morgan fingerprint density at radius 2 is 1.91 bits per heavy atom. The van der Waals surface area contributed by atoms with Gasteiger partial charge in [0.15, 0.2) is 0 Å². The minimum atomic E-state index is 0.662. The number of azo groups is 1. The van der Waals surface area contributed by atoms with Gasteiger partial charge in [-0.25, -0.2) is 0 Å². The summed E-state index contributed by atoms with van der Waals surface area (Å²) in [7, 11) is 1.69. The Labute approximate surface area is 194 Å². The largest absolute Gasteiger partial charge is 0.494 e. The highest BCUT2D eigenvalue weighted by atomic mass is 16.5. The van der Waals surface area contributed by atoms with E-state index in [-0.39, 0.29) is 0 Å². The summed E-state index contributed by atoms with van der Waals surface area (Å²) in [5, 5.41) is 11.4. The zero-order valence-electron chi connectivity index (χ0n) is 20.1. The van der Waals surface area contributed by atoms with Crippen molar-refractivity contribution in [2.24, 2.45) is 10.2 Å². The van der Waals surface area contributed by atoms with Gasteiger partial charge in [0, 0.05) is 18.4 Å². The van der Waals surface area contributed by atoms with Crippen molar-refractivity contribution in [3.8, 4) is 5.75 Å². The van der Waals surface area contributed by atoms with E-state index in [0.717, 1.165) is 54.8 Å². The molecule has 32 heavy (non-hydrogen) atoms. The normalized spacial score (nSPS) is 14.5. The van der Waals surface area contributed by atoms with Crippen LogP contribution in [0.5, 0.6) is 5.75 Å². The predicted molar refractivity (Wildman–Crippen MR) is 137 cm³/mol. The third-order valence-corrected chi connectivity index (χ3v) is 5.36. The monoisotopic (exact) mass is 433 g/mol. The molecule has 172 valence electrons. The van der Waals surface area contributed by atoms with Crippen molar-refractivity contribution in [3.05, 3.63) is 83.4 Å². The van der Waals surface area contributed by atoms with Gasteiger partial charge in [0.2, 0.25) is 0 Å². The summed E-state index contributed by atoms with van der Waals surface area (Å²) in [6.45, 7) is 9.08. The highest BCUT2D eigenvalue weighted by molar-refractivity contribution is 5.54. The average molecular weight is 434 g/mol. The number of unbranched alkanes of at least 4 members (excludes halogenated alkanes) is 2. The second kappa shape index (κ2) is 15.0. The van der Waals surface area contributed by atoms with Gasteiger partial charge in [-0.2, -0.15) is 10.2 Å². The van der Waals surface area contributed by atoms with Gasteiger partial charge in [0.05, 0.1) is 12.3 Å². The van der Waals surface area contributed by atoms with Crippen LogP contribution in [-0.4, -0.2) is 13.7 Å². The van der Waals surface area contributed by atoms with Crippen LogP contribution in [0.2, 0.25) is 0 Å². The first-order valence-corrected chi connectivity index (χ1v) is 11.9. The van der Waals surface area contributed by atoms with Gasteiger partial charge < -0.3 is 10.1 Å². The Morgan fingerprint density at radius 1 is 1.12 bits per heavy atom. The molecular formula is C28H39N3O. The van der Waals surface area contributed by atoms with E-state index >= 15 is 0 Å². The van der Waals surface area contributed by atoms with Crippen LogP contribution in [0.4, 0.5) is 0 Å². The van der Waals surface area contributed by atoms with Crippen LogP contribution in [0.1, 0.15) is 70.8 Å². The number of nitrogens with zero attached hydrogens (tertiary/aromatic N) is 2. The van der Waals surface area contributed by atoms with Crippen molar-refractivity contribution in [3.63, 3.8) is 0 Å². The molecule has 0 aromatic heterocycles. The smallest absolute Gasteiger partial charge is 0.119 e. The van der Waals surface area contributed by atoms with Gasteiger partial charge in [-0.15, -0.1) is 0 Å². The fraction of sp³-hybridized carbons (Fsp3) is 0.429. The topological polar surface area (TPSA) is 46.0 Å². The number of rotatable bonds is 14. The van der Waals surface area contributed by atoms with Crippen molar-refractivity contribution in [2.75, 3.05) is 13.7 Å². The Kier molecular flexibility index (Phi) is 11.9. The molecule has 0 fully saturated rings. The zero-order valence-corrected chi connectivity index (χ0v) is 20.1. The van der Waals surface area contributed by atoms with Gasteiger partial charge >= 0.3 is 0 Å². The molecule has 0 radical (unpaired) electrons. The number of hydrogen-bond donors (Lipinski definition) is 1. The lowest BCUT2D eigenvalue weighted by Crippen LogP contribution is -2.14. The maximum Gasteiger partial charge on any atom is 0.119 e. The van der Waals surface area contributed by atoms with Crippen LogP contribution >= 0.6 is 0 Å². The zero-order chi connectivity index (χ0) is 23.0. The molecule has 0 spiro atoms. The lowest BCUT2D eigenvalue weighted by atomic mass is 9.97. The number of ether oxygens (including phenoxy) is 1. The number of hydrogen-bond acceptors (Lipinski definition) is 4. The molecule has 0 amide bonds. The van der Waals surface area contributed by atoms with Crippen LogP contribution in [0.15, 0.2) is 88.0 Å². The Morgan fingerprint density at radius 3 is 2.62 bits per heavy atom. The lowest BCUT2D eigenvalue weighted by Gasteiger charge is -2.18. The summed E-state index contributed by atoms with van der Waals surface area (Å²) in [5.74, 6) is 0.882. The standard InChI is InChI=1S/C28H39N3O/c1-5-7-8-12-25-13-9-10-15-28(25)30-23(3)16-17-24-18-20-27(21-19-24)32-22-11-14-26(6-2)31-29-4/h6,13,15-21,30H,3,5,7-12,14,22H2,1-2,4H3/b17-16+,26-6-,31-29-. The third-order valence-electron chi connectivity index (χ3n) is 5.36. The number of allylic oxidation sites excluding steroid dienone is 6. The van der Waals surface area contributed by atoms with E-state index in [2.05, 4.69) is 59.4 Å². The molecule has 0 saturated heterocycles.